The third-order valence-electron chi connectivity index (χ3n) is 7.91. The summed E-state index contributed by atoms with van der Waals surface area (Å²) < 4.78 is 19.1. The van der Waals surface area contributed by atoms with Crippen LogP contribution in [-0.4, -0.2) is 87.0 Å². The van der Waals surface area contributed by atoms with Crippen LogP contribution in [0.15, 0.2) is 66.7 Å². The highest BCUT2D eigenvalue weighted by Gasteiger charge is 2.24. The number of carbonyl (C=O) groups is 3. The summed E-state index contributed by atoms with van der Waals surface area (Å²) in [5, 5.41) is 6.25. The van der Waals surface area contributed by atoms with E-state index in [1.807, 2.05) is 40.1 Å². The van der Waals surface area contributed by atoms with Gasteiger partial charge >= 0.3 is 0 Å². The lowest BCUT2D eigenvalue weighted by atomic mass is 10.1. The Morgan fingerprint density at radius 2 is 1.65 bits per heavy atom. The molecule has 5 rings (SSSR count). The van der Waals surface area contributed by atoms with E-state index in [1.165, 1.54) is 18.2 Å². The minimum Gasteiger partial charge on any atom is -0.497 e. The van der Waals surface area contributed by atoms with Crippen LogP contribution in [0.25, 0.3) is 0 Å². The molecule has 2 saturated heterocycles. The molecule has 0 atom stereocenters. The summed E-state index contributed by atoms with van der Waals surface area (Å²) in [6.07, 6.45) is 1.92. The van der Waals surface area contributed by atoms with Gasteiger partial charge in [0.25, 0.3) is 11.8 Å². The molecule has 2 heterocycles. The average molecular weight is 588 g/mol. The number of hydrogen-bond donors (Lipinski definition) is 2. The van der Waals surface area contributed by atoms with Crippen LogP contribution in [0.5, 0.6) is 5.75 Å². The molecule has 2 aliphatic heterocycles. The fourth-order valence-electron chi connectivity index (χ4n) is 5.54. The van der Waals surface area contributed by atoms with Gasteiger partial charge in [0.15, 0.2) is 0 Å². The monoisotopic (exact) mass is 587 g/mol. The summed E-state index contributed by atoms with van der Waals surface area (Å²) in [6.45, 7) is 5.23. The van der Waals surface area contributed by atoms with E-state index < -0.39 is 11.7 Å². The third-order valence-corrected chi connectivity index (χ3v) is 7.91. The second kappa shape index (κ2) is 14.2. The van der Waals surface area contributed by atoms with Crippen LogP contribution >= 0.6 is 0 Å². The maximum absolute atomic E-state index is 13.9. The highest BCUT2D eigenvalue weighted by Crippen LogP contribution is 2.30. The molecule has 43 heavy (non-hydrogen) atoms. The van der Waals surface area contributed by atoms with Gasteiger partial charge in [-0.1, -0.05) is 18.2 Å². The quantitative estimate of drug-likeness (QED) is 0.437. The Hall–Kier alpha value is -4.44. The smallest absolute Gasteiger partial charge is 0.255 e. The minimum atomic E-state index is -0.501. The summed E-state index contributed by atoms with van der Waals surface area (Å²) in [4.78, 5) is 45.6. The molecule has 0 aliphatic carbocycles. The lowest BCUT2D eigenvalue weighted by Gasteiger charge is -2.27. The maximum atomic E-state index is 13.9. The summed E-state index contributed by atoms with van der Waals surface area (Å²) in [5.74, 6) is -0.255. The van der Waals surface area contributed by atoms with Crippen molar-refractivity contribution in [2.75, 3.05) is 69.7 Å². The first-order valence-corrected chi connectivity index (χ1v) is 14.8. The highest BCUT2D eigenvalue weighted by molar-refractivity contribution is 6.07. The van der Waals surface area contributed by atoms with Gasteiger partial charge in [-0.15, -0.1) is 0 Å². The fourth-order valence-corrected chi connectivity index (χ4v) is 5.54. The second-order valence-electron chi connectivity index (χ2n) is 10.8. The van der Waals surface area contributed by atoms with Gasteiger partial charge in [-0.3, -0.25) is 14.4 Å². The molecule has 2 aliphatic rings. The van der Waals surface area contributed by atoms with Crippen molar-refractivity contribution in [3.05, 3.63) is 89.2 Å². The van der Waals surface area contributed by atoms with Gasteiger partial charge in [0.05, 0.1) is 24.9 Å². The maximum Gasteiger partial charge on any atom is 0.255 e. The number of nitrogens with one attached hydrogen (secondary N) is 2. The van der Waals surface area contributed by atoms with Crippen molar-refractivity contribution in [1.29, 1.82) is 0 Å². The van der Waals surface area contributed by atoms with Crippen LogP contribution in [-0.2, 0) is 11.2 Å². The molecule has 9 nitrogen and oxygen atoms in total. The Balaban J connectivity index is 1.34. The number of amides is 3. The van der Waals surface area contributed by atoms with Crippen molar-refractivity contribution in [1.82, 2.24) is 15.1 Å². The first-order valence-electron chi connectivity index (χ1n) is 14.8. The van der Waals surface area contributed by atoms with Crippen molar-refractivity contribution in [3.63, 3.8) is 0 Å². The molecule has 0 saturated carbocycles. The third kappa shape index (κ3) is 7.70. The number of anilines is 2. The van der Waals surface area contributed by atoms with Gasteiger partial charge in [0.1, 0.15) is 11.6 Å². The van der Waals surface area contributed by atoms with Gasteiger partial charge in [0.2, 0.25) is 5.91 Å². The Labute approximate surface area is 251 Å². The van der Waals surface area contributed by atoms with Crippen LogP contribution in [0.4, 0.5) is 15.8 Å². The normalized spacial score (nSPS) is 15.8. The summed E-state index contributed by atoms with van der Waals surface area (Å²) in [5.41, 5.74) is 2.82. The van der Waals surface area contributed by atoms with E-state index in [9.17, 15) is 18.8 Å². The molecule has 0 spiro atoms. The Kier molecular flexibility index (Phi) is 9.88. The van der Waals surface area contributed by atoms with E-state index in [1.54, 1.807) is 25.3 Å². The SMILES string of the molecule is COc1ccc(CC(=O)N2CCCN(c3ccc(C(=O)N4CCCNCC4)cc3NC(=O)c3cccc(F)c3)CC2)cc1. The molecule has 3 aromatic carbocycles. The first-order chi connectivity index (χ1) is 20.9. The molecular formula is C33H38FN5O4. The van der Waals surface area contributed by atoms with Crippen molar-refractivity contribution >= 4 is 29.1 Å². The predicted molar refractivity (Wildman–Crippen MR) is 164 cm³/mol. The molecule has 0 unspecified atom stereocenters. The second-order valence-corrected chi connectivity index (χ2v) is 10.8. The van der Waals surface area contributed by atoms with E-state index in [-0.39, 0.29) is 17.4 Å². The number of rotatable bonds is 7. The summed E-state index contributed by atoms with van der Waals surface area (Å²) in [7, 11) is 1.61. The Morgan fingerprint density at radius 3 is 2.44 bits per heavy atom. The largest absolute Gasteiger partial charge is 0.497 e. The van der Waals surface area contributed by atoms with Crippen molar-refractivity contribution in [2.24, 2.45) is 0 Å². The van der Waals surface area contributed by atoms with E-state index in [0.717, 1.165) is 42.9 Å². The van der Waals surface area contributed by atoms with Gasteiger partial charge in [-0.25, -0.2) is 4.39 Å². The lowest BCUT2D eigenvalue weighted by Crippen LogP contribution is -2.36. The van der Waals surface area contributed by atoms with Crippen molar-refractivity contribution < 1.29 is 23.5 Å². The van der Waals surface area contributed by atoms with Gasteiger partial charge in [-0.2, -0.15) is 0 Å². The molecule has 10 heteroatoms. The standard InChI is InChI=1S/C33H38FN5O4/c1-43-28-10-7-24(8-11-28)21-31(40)38-17-4-16-37(19-20-38)30-12-9-26(33(42)39-15-3-13-35-14-18-39)23-29(30)36-32(41)25-5-2-6-27(34)22-25/h2,5-12,22-23,35H,3-4,13-21H2,1H3,(H,36,41). The molecule has 2 N–H and O–H groups in total. The van der Waals surface area contributed by atoms with E-state index in [4.69, 9.17) is 4.74 Å². The molecule has 0 bridgehead atoms. The number of ether oxygens (including phenoxy) is 1. The number of hydrogen-bond acceptors (Lipinski definition) is 6. The molecule has 3 amide bonds. The molecular weight excluding hydrogens is 549 g/mol. The zero-order chi connectivity index (χ0) is 30.2. The number of carbonyl (C=O) groups excluding carboxylic acids is 3. The summed E-state index contributed by atoms with van der Waals surface area (Å²) >= 11 is 0. The number of halogens is 1. The molecule has 0 aromatic heterocycles. The van der Waals surface area contributed by atoms with Gasteiger partial charge in [-0.05, 0) is 73.5 Å². The van der Waals surface area contributed by atoms with Crippen LogP contribution < -0.4 is 20.3 Å². The zero-order valence-corrected chi connectivity index (χ0v) is 24.5. The highest BCUT2D eigenvalue weighted by atomic mass is 19.1. The van der Waals surface area contributed by atoms with Gasteiger partial charge < -0.3 is 30.1 Å². The topological polar surface area (TPSA) is 94.2 Å². The van der Waals surface area contributed by atoms with Gasteiger partial charge in [0, 0.05) is 56.9 Å². The van der Waals surface area contributed by atoms with Crippen molar-refractivity contribution in [3.8, 4) is 5.75 Å². The van der Waals surface area contributed by atoms with E-state index in [2.05, 4.69) is 15.5 Å². The lowest BCUT2D eigenvalue weighted by molar-refractivity contribution is -0.130. The Morgan fingerprint density at radius 1 is 0.837 bits per heavy atom. The minimum absolute atomic E-state index is 0.0551. The first kappa shape index (κ1) is 30.0. The van der Waals surface area contributed by atoms with Crippen LogP contribution in [0.3, 0.4) is 0 Å². The van der Waals surface area contributed by atoms with E-state index in [0.29, 0.717) is 56.9 Å². The number of benzene rings is 3. The number of nitrogens with zero attached hydrogens (tertiary/aromatic N) is 3. The predicted octanol–water partition coefficient (Wildman–Crippen LogP) is 3.80. The molecule has 3 aromatic rings. The number of methoxy groups -OCH3 is 1. The van der Waals surface area contributed by atoms with Crippen LogP contribution in [0.1, 0.15) is 39.1 Å². The molecule has 0 radical (unpaired) electrons. The summed E-state index contributed by atoms with van der Waals surface area (Å²) in [6, 6.07) is 18.4. The molecule has 226 valence electrons. The molecule has 2 fully saturated rings. The van der Waals surface area contributed by atoms with Crippen LogP contribution in [0.2, 0.25) is 0 Å². The van der Waals surface area contributed by atoms with Crippen molar-refractivity contribution in [2.45, 2.75) is 19.3 Å². The average Bonchev–Trinajstić information content (AvgIpc) is 3.45. The van der Waals surface area contributed by atoms with E-state index >= 15 is 0 Å². The fraction of sp³-hybridized carbons (Fsp3) is 0.364. The Bertz CT molecular complexity index is 1440. The zero-order valence-electron chi connectivity index (χ0n) is 24.5. The van der Waals surface area contributed by atoms with Crippen LogP contribution in [0, 0.1) is 5.82 Å².